The minimum atomic E-state index is 0.472. The summed E-state index contributed by atoms with van der Waals surface area (Å²) >= 11 is 5.00. The average molecular weight is 219 g/mol. The van der Waals surface area contributed by atoms with Crippen LogP contribution in [0.1, 0.15) is 11.5 Å². The van der Waals surface area contributed by atoms with Crippen LogP contribution in [-0.2, 0) is 0 Å². The van der Waals surface area contributed by atoms with Gasteiger partial charge in [-0.25, -0.2) is 0 Å². The van der Waals surface area contributed by atoms with Gasteiger partial charge >= 0.3 is 0 Å². The van der Waals surface area contributed by atoms with E-state index in [-0.39, 0.29) is 0 Å². The molecule has 2 aromatic rings. The standard InChI is InChI=1S/C9H9N5S/c1-7-12-13-9(15)14(7)11-6-8-4-2-3-5-10-8/h2-6H,1H3,(H,13,15)/b11-6+. The first-order valence-electron chi connectivity index (χ1n) is 4.37. The summed E-state index contributed by atoms with van der Waals surface area (Å²) in [5.74, 6) is 0.715. The van der Waals surface area contributed by atoms with E-state index in [0.717, 1.165) is 5.69 Å². The average Bonchev–Trinajstić information content (AvgIpc) is 2.58. The largest absolute Gasteiger partial charge is 0.255 e. The van der Waals surface area contributed by atoms with E-state index in [0.29, 0.717) is 10.6 Å². The first-order chi connectivity index (χ1) is 7.27. The second-order valence-corrected chi connectivity index (χ2v) is 3.27. The first kappa shape index (κ1) is 9.72. The minimum absolute atomic E-state index is 0.472. The lowest BCUT2D eigenvalue weighted by molar-refractivity contribution is 0.820. The van der Waals surface area contributed by atoms with Crippen molar-refractivity contribution in [2.75, 3.05) is 0 Å². The molecule has 0 amide bonds. The minimum Gasteiger partial charge on any atom is -0.255 e. The molecule has 2 heterocycles. The normalized spacial score (nSPS) is 11.0. The lowest BCUT2D eigenvalue weighted by Crippen LogP contribution is -1.94. The summed E-state index contributed by atoms with van der Waals surface area (Å²) in [7, 11) is 0. The Morgan fingerprint density at radius 3 is 3.00 bits per heavy atom. The molecule has 0 atom stereocenters. The fourth-order valence-corrected chi connectivity index (χ4v) is 1.30. The van der Waals surface area contributed by atoms with Gasteiger partial charge in [-0.1, -0.05) is 6.07 Å². The van der Waals surface area contributed by atoms with Crippen LogP contribution in [-0.4, -0.2) is 26.1 Å². The number of hydrogen-bond donors (Lipinski definition) is 1. The van der Waals surface area contributed by atoms with Gasteiger partial charge in [0.25, 0.3) is 0 Å². The van der Waals surface area contributed by atoms with Crippen molar-refractivity contribution in [3.63, 3.8) is 0 Å². The molecular weight excluding hydrogens is 210 g/mol. The van der Waals surface area contributed by atoms with E-state index in [1.807, 2.05) is 25.1 Å². The summed E-state index contributed by atoms with van der Waals surface area (Å²) < 4.78 is 2.02. The molecule has 6 heteroatoms. The maximum absolute atomic E-state index is 5.00. The van der Waals surface area contributed by atoms with Gasteiger partial charge in [0.2, 0.25) is 4.77 Å². The quantitative estimate of drug-likeness (QED) is 0.615. The van der Waals surface area contributed by atoms with Crippen molar-refractivity contribution < 1.29 is 0 Å². The number of pyridine rings is 1. The van der Waals surface area contributed by atoms with Crippen molar-refractivity contribution in [3.05, 3.63) is 40.7 Å². The number of nitrogens with one attached hydrogen (secondary N) is 1. The van der Waals surface area contributed by atoms with Crippen molar-refractivity contribution in [1.82, 2.24) is 19.9 Å². The smallest absolute Gasteiger partial charge is 0.216 e. The Morgan fingerprint density at radius 2 is 2.40 bits per heavy atom. The third kappa shape index (κ3) is 2.16. The van der Waals surface area contributed by atoms with Crippen molar-refractivity contribution in [2.45, 2.75) is 6.92 Å². The number of aromatic amines is 1. The van der Waals surface area contributed by atoms with Gasteiger partial charge in [-0.2, -0.15) is 14.9 Å². The number of rotatable bonds is 2. The molecule has 15 heavy (non-hydrogen) atoms. The second-order valence-electron chi connectivity index (χ2n) is 2.89. The van der Waals surface area contributed by atoms with E-state index in [1.165, 1.54) is 0 Å². The predicted molar refractivity (Wildman–Crippen MR) is 59.4 cm³/mol. The maximum Gasteiger partial charge on any atom is 0.216 e. The third-order valence-corrected chi connectivity index (χ3v) is 2.07. The summed E-state index contributed by atoms with van der Waals surface area (Å²) in [6, 6.07) is 5.62. The van der Waals surface area contributed by atoms with Crippen LogP contribution < -0.4 is 0 Å². The van der Waals surface area contributed by atoms with Crippen molar-refractivity contribution in [3.8, 4) is 0 Å². The van der Waals surface area contributed by atoms with Crippen LogP contribution >= 0.6 is 12.2 Å². The van der Waals surface area contributed by atoms with E-state index < -0.39 is 0 Å². The molecule has 0 fully saturated rings. The van der Waals surface area contributed by atoms with E-state index in [9.17, 15) is 0 Å². The number of nitrogens with zero attached hydrogens (tertiary/aromatic N) is 4. The molecule has 0 unspecified atom stereocenters. The van der Waals surface area contributed by atoms with Crippen LogP contribution in [0.2, 0.25) is 0 Å². The van der Waals surface area contributed by atoms with Crippen molar-refractivity contribution >= 4 is 18.4 Å². The van der Waals surface area contributed by atoms with E-state index >= 15 is 0 Å². The molecule has 1 N–H and O–H groups in total. The fourth-order valence-electron chi connectivity index (χ4n) is 1.08. The monoisotopic (exact) mass is 219 g/mol. The highest BCUT2D eigenvalue weighted by molar-refractivity contribution is 7.71. The number of H-pyrrole nitrogens is 1. The second kappa shape index (κ2) is 4.14. The van der Waals surface area contributed by atoms with Gasteiger partial charge in [-0.3, -0.25) is 10.1 Å². The first-order valence-corrected chi connectivity index (χ1v) is 4.77. The lowest BCUT2D eigenvalue weighted by atomic mass is 10.4. The molecule has 5 nitrogen and oxygen atoms in total. The Balaban J connectivity index is 2.30. The Morgan fingerprint density at radius 1 is 1.53 bits per heavy atom. The number of aromatic nitrogens is 4. The zero-order valence-corrected chi connectivity index (χ0v) is 8.90. The third-order valence-electron chi connectivity index (χ3n) is 1.81. The van der Waals surface area contributed by atoms with Crippen molar-refractivity contribution in [1.29, 1.82) is 0 Å². The highest BCUT2D eigenvalue weighted by atomic mass is 32.1. The molecule has 2 rings (SSSR count). The Kier molecular flexibility index (Phi) is 2.68. The van der Waals surface area contributed by atoms with Crippen LogP contribution in [0.15, 0.2) is 29.5 Å². The Hall–Kier alpha value is -1.82. The fraction of sp³-hybridized carbons (Fsp3) is 0.111. The topological polar surface area (TPSA) is 58.9 Å². The number of aryl methyl sites for hydroxylation is 1. The molecule has 0 spiro atoms. The molecular formula is C9H9N5S. The number of hydrogen-bond acceptors (Lipinski definition) is 4. The van der Waals surface area contributed by atoms with Crippen LogP contribution in [0.5, 0.6) is 0 Å². The van der Waals surface area contributed by atoms with Gasteiger partial charge in [0.1, 0.15) is 5.82 Å². The molecule has 0 aromatic carbocycles. The molecule has 0 saturated carbocycles. The van der Waals surface area contributed by atoms with Gasteiger partial charge in [0.05, 0.1) is 11.9 Å². The highest BCUT2D eigenvalue weighted by Crippen LogP contribution is 1.95. The van der Waals surface area contributed by atoms with Crippen LogP contribution in [0, 0.1) is 11.7 Å². The van der Waals surface area contributed by atoms with Crippen LogP contribution in [0.25, 0.3) is 0 Å². The SMILES string of the molecule is Cc1n[nH]c(=S)n1/N=C/c1ccccn1. The van der Waals surface area contributed by atoms with Gasteiger partial charge < -0.3 is 0 Å². The summed E-state index contributed by atoms with van der Waals surface area (Å²) in [6.07, 6.45) is 3.35. The highest BCUT2D eigenvalue weighted by Gasteiger charge is 1.96. The molecule has 2 aromatic heterocycles. The molecule has 0 aliphatic rings. The summed E-state index contributed by atoms with van der Waals surface area (Å²) in [5.41, 5.74) is 0.778. The van der Waals surface area contributed by atoms with E-state index in [2.05, 4.69) is 20.3 Å². The summed E-state index contributed by atoms with van der Waals surface area (Å²) in [5, 5.41) is 10.8. The predicted octanol–water partition coefficient (Wildman–Crippen LogP) is 1.53. The van der Waals surface area contributed by atoms with E-state index in [1.54, 1.807) is 17.1 Å². The summed E-state index contributed by atoms with van der Waals surface area (Å²) in [6.45, 7) is 1.82. The zero-order chi connectivity index (χ0) is 10.7. The summed E-state index contributed by atoms with van der Waals surface area (Å²) in [4.78, 5) is 4.11. The van der Waals surface area contributed by atoms with Gasteiger partial charge in [0.15, 0.2) is 0 Å². The molecule has 0 saturated heterocycles. The van der Waals surface area contributed by atoms with Crippen LogP contribution in [0.3, 0.4) is 0 Å². The van der Waals surface area contributed by atoms with E-state index in [4.69, 9.17) is 12.2 Å². The van der Waals surface area contributed by atoms with Gasteiger partial charge in [0, 0.05) is 6.20 Å². The van der Waals surface area contributed by atoms with Crippen molar-refractivity contribution in [2.24, 2.45) is 5.10 Å². The molecule has 0 aliphatic heterocycles. The molecule has 0 aliphatic carbocycles. The van der Waals surface area contributed by atoms with Crippen LogP contribution in [0.4, 0.5) is 0 Å². The lowest BCUT2D eigenvalue weighted by Gasteiger charge is -1.93. The zero-order valence-electron chi connectivity index (χ0n) is 8.08. The molecule has 76 valence electrons. The maximum atomic E-state index is 5.00. The Bertz CT molecular complexity index is 525. The molecule has 0 bridgehead atoms. The molecule has 0 radical (unpaired) electrons. The van der Waals surface area contributed by atoms with Gasteiger partial charge in [-0.05, 0) is 31.3 Å². The Labute approximate surface area is 91.5 Å². The van der Waals surface area contributed by atoms with Gasteiger partial charge in [-0.15, -0.1) is 0 Å².